The fourth-order valence-electron chi connectivity index (χ4n) is 0. The first-order valence-electron chi connectivity index (χ1n) is 1.66. The van der Waals surface area contributed by atoms with Crippen molar-refractivity contribution in [1.29, 1.82) is 0 Å². The molecule has 0 radical (unpaired) electrons. The van der Waals surface area contributed by atoms with Gasteiger partial charge in [-0.15, -0.1) is 0 Å². The summed E-state index contributed by atoms with van der Waals surface area (Å²) >= 11 is 0. The maximum Gasteiger partial charge on any atom is 2.00 e. The number of aliphatic carboxylic acids is 1. The molecule has 0 aromatic carbocycles. The van der Waals surface area contributed by atoms with Crippen molar-refractivity contribution in [1.82, 2.24) is 0 Å². The Balaban J connectivity index is -0.0000000720. The van der Waals surface area contributed by atoms with E-state index in [-0.39, 0.29) is 19.5 Å². The smallest absolute Gasteiger partial charge is 0.832 e. The Labute approximate surface area is 65.3 Å². The molecule has 0 aromatic rings. The van der Waals surface area contributed by atoms with Crippen molar-refractivity contribution in [2.75, 3.05) is 0 Å². The molecule has 0 amide bonds. The van der Waals surface area contributed by atoms with Gasteiger partial charge in [-0.2, -0.15) is 0 Å². The van der Waals surface area contributed by atoms with E-state index in [4.69, 9.17) is 25.0 Å². The average Bonchev–Trinajstić information content (AvgIpc) is 1.25. The average molecular weight is 185 g/mol. The van der Waals surface area contributed by atoms with Crippen LogP contribution in [0.5, 0.6) is 0 Å². The van der Waals surface area contributed by atoms with Crippen LogP contribution in [-0.4, -0.2) is 23.3 Å². The van der Waals surface area contributed by atoms with Gasteiger partial charge in [0.1, 0.15) is 0 Å². The summed E-state index contributed by atoms with van der Waals surface area (Å²) in [6.45, 7) is 0.972. The van der Waals surface area contributed by atoms with E-state index in [1.165, 1.54) is 0 Å². The second-order valence-electron chi connectivity index (χ2n) is 0.818. The van der Waals surface area contributed by atoms with E-state index in [0.717, 1.165) is 6.92 Å². The van der Waals surface area contributed by atoms with Crippen LogP contribution in [-0.2, 0) is 24.3 Å². The van der Waals surface area contributed by atoms with E-state index in [0.29, 0.717) is 0 Å². The molecular formula is C2H5BO5Zn. The van der Waals surface area contributed by atoms with E-state index in [1.807, 2.05) is 0 Å². The zero-order chi connectivity index (χ0) is 7.15. The van der Waals surface area contributed by atoms with Crippen LogP contribution in [0.1, 0.15) is 6.92 Å². The molecule has 0 spiro atoms. The molecule has 0 saturated heterocycles. The standard InChI is InChI=1S/C2H4O2.BH2O3.Zn/c1-2(3)4;2-1(3)4;/h1H3,(H,3,4);2-3H;/q;-1;+2/p-1. The molecule has 0 aromatic heterocycles. The summed E-state index contributed by atoms with van der Waals surface area (Å²) in [5.41, 5.74) is 0. The fourth-order valence-corrected chi connectivity index (χ4v) is 0. The van der Waals surface area contributed by atoms with Gasteiger partial charge in [0.05, 0.1) is 0 Å². The molecule has 7 heteroatoms. The van der Waals surface area contributed by atoms with E-state index in [2.05, 4.69) is 0 Å². The number of carboxylic acid groups (broad SMARTS) is 1. The van der Waals surface area contributed by atoms with Crippen molar-refractivity contribution in [2.45, 2.75) is 6.92 Å². The summed E-state index contributed by atoms with van der Waals surface area (Å²) in [7, 11) is -2.42. The minimum absolute atomic E-state index is 0. The van der Waals surface area contributed by atoms with Gasteiger partial charge in [-0.05, 0) is 6.92 Å². The van der Waals surface area contributed by atoms with E-state index < -0.39 is 13.3 Å². The van der Waals surface area contributed by atoms with Crippen LogP contribution < -0.4 is 10.1 Å². The number of carbonyl (C=O) groups is 1. The minimum atomic E-state index is -2.42. The number of carbonyl (C=O) groups excluding carboxylic acids is 1. The van der Waals surface area contributed by atoms with Crippen molar-refractivity contribution in [2.24, 2.45) is 0 Å². The third kappa shape index (κ3) is 200000. The van der Waals surface area contributed by atoms with Crippen molar-refractivity contribution < 1.29 is 44.5 Å². The van der Waals surface area contributed by atoms with Gasteiger partial charge >= 0.3 is 26.8 Å². The van der Waals surface area contributed by atoms with Crippen LogP contribution in [0.25, 0.3) is 0 Å². The quantitative estimate of drug-likeness (QED) is 0.375. The first kappa shape index (κ1) is 16.0. The van der Waals surface area contributed by atoms with Gasteiger partial charge < -0.3 is 25.0 Å². The maximum absolute atomic E-state index is 8.89. The molecule has 9 heavy (non-hydrogen) atoms. The van der Waals surface area contributed by atoms with Crippen molar-refractivity contribution >= 4 is 13.3 Å². The molecule has 0 heterocycles. The predicted molar refractivity (Wildman–Crippen MR) is 20.9 cm³/mol. The monoisotopic (exact) mass is 184 g/mol. The molecule has 0 unspecified atom stereocenters. The van der Waals surface area contributed by atoms with Crippen LogP contribution in [0.3, 0.4) is 0 Å². The SMILES string of the molecule is CC(=O)[O-].[O-]B(O)O.[Zn+2]. The van der Waals surface area contributed by atoms with Gasteiger partial charge in [0.15, 0.2) is 0 Å². The largest absolute Gasteiger partial charge is 2.00 e. The van der Waals surface area contributed by atoms with Gasteiger partial charge in [0.2, 0.25) is 0 Å². The van der Waals surface area contributed by atoms with Crippen molar-refractivity contribution in [3.8, 4) is 0 Å². The molecule has 0 aliphatic heterocycles. The number of hydrogen-bond acceptors (Lipinski definition) is 5. The Hall–Kier alpha value is 0.0383. The molecule has 48 valence electrons. The summed E-state index contributed by atoms with van der Waals surface area (Å²) < 4.78 is 0. The Morgan fingerprint density at radius 2 is 1.56 bits per heavy atom. The van der Waals surface area contributed by atoms with Crippen molar-refractivity contribution in [3.63, 3.8) is 0 Å². The summed E-state index contributed by atoms with van der Waals surface area (Å²) in [6, 6.07) is 0. The van der Waals surface area contributed by atoms with E-state index in [9.17, 15) is 0 Å². The topological polar surface area (TPSA) is 104 Å². The summed E-state index contributed by atoms with van der Waals surface area (Å²) in [4.78, 5) is 8.89. The normalized spacial score (nSPS) is 5.78. The minimum Gasteiger partial charge on any atom is -0.832 e. The first-order valence-corrected chi connectivity index (χ1v) is 1.66. The van der Waals surface area contributed by atoms with Gasteiger partial charge in [-0.3, -0.25) is 0 Å². The molecule has 0 bridgehead atoms. The zero-order valence-corrected chi connectivity index (χ0v) is 7.87. The summed E-state index contributed by atoms with van der Waals surface area (Å²) in [6.07, 6.45) is 0. The molecule has 0 aliphatic carbocycles. The van der Waals surface area contributed by atoms with Crippen LogP contribution in [0.15, 0.2) is 0 Å². The molecule has 0 rings (SSSR count). The van der Waals surface area contributed by atoms with Crippen LogP contribution in [0.4, 0.5) is 0 Å². The zero-order valence-electron chi connectivity index (χ0n) is 4.90. The Bertz CT molecular complexity index is 59.2. The van der Waals surface area contributed by atoms with E-state index >= 15 is 0 Å². The van der Waals surface area contributed by atoms with Gasteiger partial charge in [0.25, 0.3) is 0 Å². The number of hydrogen-bond donors (Lipinski definition) is 2. The molecule has 0 fully saturated rings. The molecule has 5 nitrogen and oxygen atoms in total. The summed E-state index contributed by atoms with van der Waals surface area (Å²) in [5.74, 6) is -1.08. The van der Waals surface area contributed by atoms with Crippen LogP contribution in [0.2, 0.25) is 0 Å². The van der Waals surface area contributed by atoms with Gasteiger partial charge in [-0.25, -0.2) is 0 Å². The third-order valence-electron chi connectivity index (χ3n) is 0. The Kier molecular flexibility index (Phi) is 19.4. The van der Waals surface area contributed by atoms with Gasteiger partial charge in [-0.1, -0.05) is 0 Å². The van der Waals surface area contributed by atoms with Crippen LogP contribution >= 0.6 is 0 Å². The first-order chi connectivity index (χ1) is 3.46. The van der Waals surface area contributed by atoms with E-state index in [1.54, 1.807) is 0 Å². The summed E-state index contributed by atoms with van der Waals surface area (Å²) in [5, 5.41) is 31.6. The predicted octanol–water partition coefficient (Wildman–Crippen LogP) is -3.93. The van der Waals surface area contributed by atoms with Crippen molar-refractivity contribution in [3.05, 3.63) is 0 Å². The Morgan fingerprint density at radius 3 is 1.56 bits per heavy atom. The molecule has 0 atom stereocenters. The van der Waals surface area contributed by atoms with Crippen LogP contribution in [0, 0.1) is 0 Å². The second-order valence-corrected chi connectivity index (χ2v) is 0.818. The number of carboxylic acids is 1. The molecule has 0 saturated carbocycles. The molecular weight excluding hydrogens is 180 g/mol. The molecule has 0 aliphatic rings. The third-order valence-corrected chi connectivity index (χ3v) is 0. The second kappa shape index (κ2) is 10.9. The van der Waals surface area contributed by atoms with Gasteiger partial charge in [0, 0.05) is 5.97 Å². The fraction of sp³-hybridized carbons (Fsp3) is 0.500. The Morgan fingerprint density at radius 1 is 1.56 bits per heavy atom. The molecule has 2 N–H and O–H groups in total. The maximum atomic E-state index is 8.89. The number of rotatable bonds is 0.